The Morgan fingerprint density at radius 3 is 1.76 bits per heavy atom. The Kier molecular flexibility index (Phi) is 6.99. The molecule has 1 aliphatic rings. The van der Waals surface area contributed by atoms with Crippen LogP contribution < -0.4 is 4.90 Å². The summed E-state index contributed by atoms with van der Waals surface area (Å²) < 4.78 is 0. The Morgan fingerprint density at radius 2 is 1.30 bits per heavy atom. The van der Waals surface area contributed by atoms with Crippen molar-refractivity contribution in [2.75, 3.05) is 38.1 Å². The van der Waals surface area contributed by atoms with E-state index >= 15 is 0 Å². The topological polar surface area (TPSA) is 47.1 Å². The number of benzene rings is 2. The lowest BCUT2D eigenvalue weighted by atomic mass is 10.2. The number of hydrogen-bond donors (Lipinski definition) is 0. The van der Waals surface area contributed by atoms with Gasteiger partial charge in [0.05, 0.1) is 17.9 Å². The van der Waals surface area contributed by atoms with Gasteiger partial charge < -0.3 is 14.7 Å². The van der Waals surface area contributed by atoms with Crippen LogP contribution in [0.2, 0.25) is 0 Å². The highest BCUT2D eigenvalue weighted by Crippen LogP contribution is 2.27. The number of amides is 4. The molecule has 0 N–H and O–H groups in total. The molecule has 2 heterocycles. The van der Waals surface area contributed by atoms with Crippen molar-refractivity contribution >= 4 is 34.8 Å². The molecule has 0 spiro atoms. The summed E-state index contributed by atoms with van der Waals surface area (Å²) in [7, 11) is 1.84. The maximum Gasteiger partial charge on any atom is 0.329 e. The minimum absolute atomic E-state index is 0.00813. The molecular weight excluding hydrogens is 432 g/mol. The van der Waals surface area contributed by atoms with Gasteiger partial charge in [-0.25, -0.2) is 9.59 Å². The molecule has 2 aromatic carbocycles. The zero-order valence-electron chi connectivity index (χ0n) is 19.4. The number of anilines is 2. The van der Waals surface area contributed by atoms with E-state index in [4.69, 9.17) is 0 Å². The SMILES string of the molecule is Cc1cc(CN(C)C(=O)N2CCN(C(=O)N(c3ccccc3)c3ccccc3)CC2)sc1C. The molecule has 6 nitrogen and oxygen atoms in total. The average molecular weight is 463 g/mol. The highest BCUT2D eigenvalue weighted by Gasteiger charge is 2.30. The molecule has 3 aromatic rings. The second kappa shape index (κ2) is 10.1. The highest BCUT2D eigenvalue weighted by molar-refractivity contribution is 7.12. The molecule has 4 amide bonds. The lowest BCUT2D eigenvalue weighted by Gasteiger charge is -2.38. The van der Waals surface area contributed by atoms with E-state index in [0.29, 0.717) is 32.7 Å². The third kappa shape index (κ3) is 5.20. The number of thiophene rings is 1. The van der Waals surface area contributed by atoms with Gasteiger partial charge in [-0.1, -0.05) is 36.4 Å². The van der Waals surface area contributed by atoms with Crippen molar-refractivity contribution in [1.82, 2.24) is 14.7 Å². The first-order valence-electron chi connectivity index (χ1n) is 11.2. The molecule has 0 radical (unpaired) electrons. The van der Waals surface area contributed by atoms with E-state index < -0.39 is 0 Å². The third-order valence-corrected chi connectivity index (χ3v) is 7.11. The van der Waals surface area contributed by atoms with Gasteiger partial charge >= 0.3 is 12.1 Å². The van der Waals surface area contributed by atoms with Crippen LogP contribution >= 0.6 is 11.3 Å². The second-order valence-corrected chi connectivity index (χ2v) is 9.69. The zero-order valence-corrected chi connectivity index (χ0v) is 20.2. The van der Waals surface area contributed by atoms with Crippen molar-refractivity contribution in [3.8, 4) is 0 Å². The quantitative estimate of drug-likeness (QED) is 0.515. The Labute approximate surface area is 199 Å². The summed E-state index contributed by atoms with van der Waals surface area (Å²) in [4.78, 5) is 36.2. The summed E-state index contributed by atoms with van der Waals surface area (Å²) in [6, 6.07) is 21.5. The van der Waals surface area contributed by atoms with Gasteiger partial charge in [0.2, 0.25) is 0 Å². The van der Waals surface area contributed by atoms with Gasteiger partial charge in [0.1, 0.15) is 0 Å². The van der Waals surface area contributed by atoms with Crippen LogP contribution in [-0.2, 0) is 6.54 Å². The fraction of sp³-hybridized carbons (Fsp3) is 0.308. The molecule has 1 aliphatic heterocycles. The lowest BCUT2D eigenvalue weighted by molar-refractivity contribution is 0.126. The molecular formula is C26H30N4O2S. The number of aryl methyl sites for hydroxylation is 2. The molecule has 0 unspecified atom stereocenters. The van der Waals surface area contributed by atoms with Crippen LogP contribution in [-0.4, -0.2) is 60.0 Å². The van der Waals surface area contributed by atoms with Gasteiger partial charge in [-0.2, -0.15) is 0 Å². The van der Waals surface area contributed by atoms with Crippen LogP contribution in [0.15, 0.2) is 66.7 Å². The number of piperazine rings is 1. The summed E-state index contributed by atoms with van der Waals surface area (Å²) in [6.45, 7) is 6.87. The van der Waals surface area contributed by atoms with E-state index in [0.717, 1.165) is 11.4 Å². The maximum atomic E-state index is 13.5. The molecule has 0 saturated carbocycles. The third-order valence-electron chi connectivity index (χ3n) is 5.98. The van der Waals surface area contributed by atoms with Crippen molar-refractivity contribution < 1.29 is 9.59 Å². The van der Waals surface area contributed by atoms with E-state index in [1.54, 1.807) is 21.1 Å². The lowest BCUT2D eigenvalue weighted by Crippen LogP contribution is -2.55. The van der Waals surface area contributed by atoms with E-state index in [-0.39, 0.29) is 12.1 Å². The Hall–Kier alpha value is -3.32. The van der Waals surface area contributed by atoms with Crippen molar-refractivity contribution in [1.29, 1.82) is 0 Å². The number of hydrogen-bond acceptors (Lipinski definition) is 3. The van der Waals surface area contributed by atoms with E-state index in [1.807, 2.05) is 77.5 Å². The Morgan fingerprint density at radius 1 is 0.818 bits per heavy atom. The summed E-state index contributed by atoms with van der Waals surface area (Å²) in [5.74, 6) is 0. The fourth-order valence-corrected chi connectivity index (χ4v) is 5.13. The van der Waals surface area contributed by atoms with E-state index in [1.165, 1.54) is 15.3 Å². The van der Waals surface area contributed by atoms with Crippen LogP contribution in [0.4, 0.5) is 21.0 Å². The molecule has 7 heteroatoms. The van der Waals surface area contributed by atoms with Gasteiger partial charge in [-0.15, -0.1) is 11.3 Å². The summed E-state index contributed by atoms with van der Waals surface area (Å²) in [5.41, 5.74) is 2.92. The number of nitrogens with zero attached hydrogens (tertiary/aromatic N) is 4. The van der Waals surface area contributed by atoms with Crippen LogP contribution in [0.3, 0.4) is 0 Å². The summed E-state index contributed by atoms with van der Waals surface area (Å²) in [5, 5.41) is 0. The number of carbonyl (C=O) groups excluding carboxylic acids is 2. The van der Waals surface area contributed by atoms with Gasteiger partial charge in [-0.3, -0.25) is 4.90 Å². The summed E-state index contributed by atoms with van der Waals surface area (Å²) in [6.07, 6.45) is 0. The molecule has 0 aliphatic carbocycles. The highest BCUT2D eigenvalue weighted by atomic mass is 32.1. The number of carbonyl (C=O) groups is 2. The molecule has 0 atom stereocenters. The minimum Gasteiger partial charge on any atom is -0.323 e. The Bertz CT molecular complexity index is 1030. The van der Waals surface area contributed by atoms with Crippen LogP contribution in [0, 0.1) is 13.8 Å². The first-order chi connectivity index (χ1) is 15.9. The molecule has 1 saturated heterocycles. The van der Waals surface area contributed by atoms with Gasteiger partial charge in [0.25, 0.3) is 0 Å². The molecule has 172 valence electrons. The predicted molar refractivity (Wildman–Crippen MR) is 134 cm³/mol. The summed E-state index contributed by atoms with van der Waals surface area (Å²) >= 11 is 1.74. The van der Waals surface area contributed by atoms with Crippen LogP contribution in [0.1, 0.15) is 15.3 Å². The van der Waals surface area contributed by atoms with E-state index in [2.05, 4.69) is 19.9 Å². The maximum absolute atomic E-state index is 13.5. The van der Waals surface area contributed by atoms with Gasteiger partial charge in [-0.05, 0) is 49.7 Å². The fourth-order valence-electron chi connectivity index (χ4n) is 4.02. The second-order valence-electron chi connectivity index (χ2n) is 8.35. The van der Waals surface area contributed by atoms with Gasteiger partial charge in [0, 0.05) is 43.0 Å². The molecule has 0 bridgehead atoms. The first kappa shape index (κ1) is 22.9. The van der Waals surface area contributed by atoms with Crippen molar-refractivity contribution in [3.05, 3.63) is 82.0 Å². The van der Waals surface area contributed by atoms with Crippen LogP contribution in [0.25, 0.3) is 0 Å². The molecule has 1 fully saturated rings. The minimum atomic E-state index is -0.0719. The van der Waals surface area contributed by atoms with Crippen molar-refractivity contribution in [3.63, 3.8) is 0 Å². The molecule has 33 heavy (non-hydrogen) atoms. The van der Waals surface area contributed by atoms with Gasteiger partial charge in [0.15, 0.2) is 0 Å². The largest absolute Gasteiger partial charge is 0.329 e. The van der Waals surface area contributed by atoms with E-state index in [9.17, 15) is 9.59 Å². The number of para-hydroxylation sites is 2. The smallest absolute Gasteiger partial charge is 0.323 e. The average Bonchev–Trinajstić information content (AvgIpc) is 3.16. The Balaban J connectivity index is 1.40. The van der Waals surface area contributed by atoms with Crippen molar-refractivity contribution in [2.24, 2.45) is 0 Å². The molecule has 1 aromatic heterocycles. The normalized spacial score (nSPS) is 13.7. The number of rotatable bonds is 4. The number of urea groups is 2. The monoisotopic (exact) mass is 462 g/mol. The standard InChI is InChI=1S/C26H30N4O2S/c1-20-18-24(33-21(20)2)19-27(3)25(31)28-14-16-29(17-15-28)26(32)30(22-10-6-4-7-11-22)23-12-8-5-9-13-23/h4-13,18H,14-17,19H2,1-3H3. The van der Waals surface area contributed by atoms with Crippen LogP contribution in [0.5, 0.6) is 0 Å². The van der Waals surface area contributed by atoms with Crippen molar-refractivity contribution in [2.45, 2.75) is 20.4 Å². The zero-order chi connectivity index (χ0) is 23.4. The predicted octanol–water partition coefficient (Wildman–Crippen LogP) is 5.49. The molecule has 4 rings (SSSR count). The first-order valence-corrected chi connectivity index (χ1v) is 12.0.